The van der Waals surface area contributed by atoms with Crippen molar-refractivity contribution in [2.75, 3.05) is 59.0 Å². The summed E-state index contributed by atoms with van der Waals surface area (Å²) in [4.78, 5) is 12.7. The average Bonchev–Trinajstić information content (AvgIpc) is 2.74. The van der Waals surface area contributed by atoms with Crippen LogP contribution >= 0.6 is 8.46 Å². The maximum atomic E-state index is 12.6. The van der Waals surface area contributed by atoms with E-state index in [0.717, 1.165) is 52.1 Å². The number of hydrogen-bond donors (Lipinski definition) is 3. The third kappa shape index (κ3) is 7.13. The van der Waals surface area contributed by atoms with E-state index in [1.807, 2.05) is 6.92 Å². The Labute approximate surface area is 173 Å². The fourth-order valence-electron chi connectivity index (χ4n) is 3.52. The Balaban J connectivity index is 2.24. The molecule has 1 aliphatic rings. The Morgan fingerprint density at radius 2 is 1.66 bits per heavy atom. The van der Waals surface area contributed by atoms with Gasteiger partial charge in [0, 0.05) is 57.0 Å². The van der Waals surface area contributed by atoms with Crippen LogP contribution in [0.25, 0.3) is 0 Å². The van der Waals surface area contributed by atoms with Gasteiger partial charge >= 0.3 is 0 Å². The van der Waals surface area contributed by atoms with Crippen LogP contribution in [0.4, 0.5) is 5.69 Å². The maximum Gasteiger partial charge on any atom is 0.269 e. The molecule has 3 N–H and O–H groups in total. The zero-order valence-corrected chi connectivity index (χ0v) is 18.3. The van der Waals surface area contributed by atoms with Crippen molar-refractivity contribution in [3.63, 3.8) is 0 Å². The fourth-order valence-corrected chi connectivity index (χ4v) is 4.49. The molecule has 0 bridgehead atoms. The first-order chi connectivity index (χ1) is 14.1. The number of ether oxygens (including phenoxy) is 1. The molecule has 1 aromatic carbocycles. The third-order valence-corrected chi connectivity index (χ3v) is 6.20. The summed E-state index contributed by atoms with van der Waals surface area (Å²) < 4.78 is 18.7. The molecule has 0 spiro atoms. The molecule has 1 fully saturated rings. The van der Waals surface area contributed by atoms with E-state index in [4.69, 9.17) is 4.74 Å². The summed E-state index contributed by atoms with van der Waals surface area (Å²) in [5.41, 5.74) is -0.335. The molecule has 0 amide bonds. The van der Waals surface area contributed by atoms with Crippen LogP contribution in [0.1, 0.15) is 25.3 Å². The van der Waals surface area contributed by atoms with Gasteiger partial charge in [-0.05, 0) is 51.5 Å². The van der Waals surface area contributed by atoms with Crippen molar-refractivity contribution in [1.82, 2.24) is 20.9 Å². The Kier molecular flexibility index (Phi) is 10.8. The van der Waals surface area contributed by atoms with Crippen LogP contribution in [0.15, 0.2) is 24.3 Å². The van der Waals surface area contributed by atoms with E-state index in [-0.39, 0.29) is 5.69 Å². The minimum absolute atomic E-state index is 0.0144. The van der Waals surface area contributed by atoms with Crippen molar-refractivity contribution < 1.29 is 14.2 Å². The SMILES string of the molecule is CCOC([PH2]=O)(c1ccc([N+](=O)[O-])cc1)N1CCCNCCNCCCNCC1. The highest BCUT2D eigenvalue weighted by Gasteiger charge is 2.38. The van der Waals surface area contributed by atoms with E-state index < -0.39 is 18.8 Å². The van der Waals surface area contributed by atoms with Crippen LogP contribution in [-0.2, 0) is 14.8 Å². The van der Waals surface area contributed by atoms with Gasteiger partial charge in [-0.2, -0.15) is 0 Å². The zero-order valence-electron chi connectivity index (χ0n) is 17.2. The second kappa shape index (κ2) is 13.1. The molecule has 9 nitrogen and oxygen atoms in total. The molecular weight excluding hydrogens is 393 g/mol. The molecule has 0 saturated carbocycles. The van der Waals surface area contributed by atoms with Crippen LogP contribution < -0.4 is 16.0 Å². The lowest BCUT2D eigenvalue weighted by molar-refractivity contribution is -0.384. The lowest BCUT2D eigenvalue weighted by atomic mass is 10.1. The monoisotopic (exact) mass is 427 g/mol. The van der Waals surface area contributed by atoms with Gasteiger partial charge in [0.2, 0.25) is 0 Å². The van der Waals surface area contributed by atoms with Gasteiger partial charge < -0.3 is 25.3 Å². The minimum atomic E-state index is -1.34. The number of hydrogen-bond acceptors (Lipinski definition) is 8. The molecule has 29 heavy (non-hydrogen) atoms. The van der Waals surface area contributed by atoms with Gasteiger partial charge in [-0.3, -0.25) is 15.0 Å². The van der Waals surface area contributed by atoms with Crippen molar-refractivity contribution in [2.45, 2.75) is 25.2 Å². The van der Waals surface area contributed by atoms with E-state index in [0.29, 0.717) is 25.3 Å². The summed E-state index contributed by atoms with van der Waals surface area (Å²) in [6.07, 6.45) is 1.94. The summed E-state index contributed by atoms with van der Waals surface area (Å²) in [7, 11) is -1.34. The molecule has 0 aromatic heterocycles. The second-order valence-corrected chi connectivity index (χ2v) is 8.01. The van der Waals surface area contributed by atoms with Crippen molar-refractivity contribution in [1.29, 1.82) is 0 Å². The van der Waals surface area contributed by atoms with E-state index in [9.17, 15) is 14.7 Å². The molecule has 164 valence electrons. The summed E-state index contributed by atoms with van der Waals surface area (Å²) >= 11 is 0. The first kappa shape index (κ1) is 23.9. The normalized spacial score (nSPS) is 20.9. The van der Waals surface area contributed by atoms with Crippen molar-refractivity contribution in [3.8, 4) is 0 Å². The average molecular weight is 427 g/mol. The lowest BCUT2D eigenvalue weighted by Gasteiger charge is -2.40. The van der Waals surface area contributed by atoms with Gasteiger partial charge in [0.1, 0.15) is 8.46 Å². The summed E-state index contributed by atoms with van der Waals surface area (Å²) in [6, 6.07) is 6.24. The predicted octanol–water partition coefficient (Wildman–Crippen LogP) is 1.36. The topological polar surface area (TPSA) is 109 Å². The molecule has 1 aliphatic heterocycles. The Bertz CT molecular complexity index is 620. The quantitative estimate of drug-likeness (QED) is 0.355. The molecule has 0 aliphatic carbocycles. The Hall–Kier alpha value is -1.35. The molecule has 10 heteroatoms. The number of non-ortho nitro benzene ring substituents is 1. The van der Waals surface area contributed by atoms with Gasteiger partial charge in [0.15, 0.2) is 5.47 Å². The zero-order chi connectivity index (χ0) is 21.0. The van der Waals surface area contributed by atoms with E-state index in [2.05, 4.69) is 20.9 Å². The van der Waals surface area contributed by atoms with Gasteiger partial charge in [-0.1, -0.05) is 0 Å². The van der Waals surface area contributed by atoms with Crippen LogP contribution in [0.2, 0.25) is 0 Å². The highest BCUT2D eigenvalue weighted by atomic mass is 31.1. The van der Waals surface area contributed by atoms with Crippen LogP contribution in [0, 0.1) is 10.1 Å². The Morgan fingerprint density at radius 1 is 1.03 bits per heavy atom. The van der Waals surface area contributed by atoms with Crippen LogP contribution in [-0.4, -0.2) is 68.8 Å². The number of nitrogens with zero attached hydrogens (tertiary/aromatic N) is 2. The number of nitro groups is 1. The highest BCUT2D eigenvalue weighted by molar-refractivity contribution is 7.25. The van der Waals surface area contributed by atoms with Gasteiger partial charge in [0.25, 0.3) is 5.69 Å². The van der Waals surface area contributed by atoms with Gasteiger partial charge in [-0.25, -0.2) is 0 Å². The van der Waals surface area contributed by atoms with Crippen molar-refractivity contribution in [2.24, 2.45) is 0 Å². The van der Waals surface area contributed by atoms with Crippen LogP contribution in [0.5, 0.6) is 0 Å². The standard InChI is InChI=1S/C19H34N5O4P/c1-2-28-19(29-27,17-5-7-18(8-6-17)24(25)26)23-15-4-11-21-13-12-20-9-3-10-22-14-16-23/h5-8,20-22H,2-4,9-16,29H2,1H3. The maximum absolute atomic E-state index is 12.6. The Morgan fingerprint density at radius 3 is 2.24 bits per heavy atom. The predicted molar refractivity (Wildman–Crippen MR) is 116 cm³/mol. The number of benzene rings is 1. The number of nitrogens with one attached hydrogen (secondary N) is 3. The minimum Gasteiger partial charge on any atom is -0.350 e. The molecule has 1 saturated heterocycles. The van der Waals surface area contributed by atoms with E-state index in [1.54, 1.807) is 12.1 Å². The van der Waals surface area contributed by atoms with Gasteiger partial charge in [0.05, 0.1) is 4.92 Å². The molecular formula is C19H34N5O4P. The molecule has 2 atom stereocenters. The third-order valence-electron chi connectivity index (χ3n) is 5.01. The number of nitro benzene ring substituents is 1. The molecule has 2 rings (SSSR count). The number of rotatable bonds is 6. The fraction of sp³-hybridized carbons (Fsp3) is 0.684. The molecule has 0 radical (unpaired) electrons. The largest absolute Gasteiger partial charge is 0.350 e. The summed E-state index contributed by atoms with van der Waals surface area (Å²) in [5.74, 6) is 0. The van der Waals surface area contributed by atoms with Gasteiger partial charge in [-0.15, -0.1) is 0 Å². The summed E-state index contributed by atoms with van der Waals surface area (Å²) in [5, 5.41) is 21.3. The van der Waals surface area contributed by atoms with Crippen molar-refractivity contribution in [3.05, 3.63) is 39.9 Å². The lowest BCUT2D eigenvalue weighted by Crippen LogP contribution is -2.48. The van der Waals surface area contributed by atoms with E-state index in [1.165, 1.54) is 12.1 Å². The van der Waals surface area contributed by atoms with Crippen LogP contribution in [0.3, 0.4) is 0 Å². The molecule has 2 unspecified atom stereocenters. The first-order valence-corrected chi connectivity index (χ1v) is 11.4. The molecule has 1 aromatic rings. The smallest absolute Gasteiger partial charge is 0.269 e. The highest BCUT2D eigenvalue weighted by Crippen LogP contribution is 2.40. The molecule has 1 heterocycles. The van der Waals surface area contributed by atoms with E-state index >= 15 is 0 Å². The second-order valence-electron chi connectivity index (χ2n) is 7.00. The van der Waals surface area contributed by atoms with Crippen molar-refractivity contribution >= 4 is 14.1 Å². The first-order valence-electron chi connectivity index (χ1n) is 10.4. The summed E-state index contributed by atoms with van der Waals surface area (Å²) in [6.45, 7) is 9.06.